The summed E-state index contributed by atoms with van der Waals surface area (Å²) in [6.07, 6.45) is 2.79. The van der Waals surface area contributed by atoms with Crippen molar-refractivity contribution < 1.29 is 14.0 Å². The number of anilines is 1. The lowest BCUT2D eigenvalue weighted by Gasteiger charge is -2.06. The van der Waals surface area contributed by atoms with Crippen molar-refractivity contribution in [2.24, 2.45) is 5.10 Å². The summed E-state index contributed by atoms with van der Waals surface area (Å²) in [7, 11) is 0. The molecule has 0 saturated heterocycles. The third-order valence-corrected chi connectivity index (χ3v) is 2.59. The number of rotatable bonds is 3. The van der Waals surface area contributed by atoms with E-state index in [1.54, 1.807) is 24.3 Å². The number of furan rings is 1. The molecule has 0 spiro atoms. The largest absolute Gasteiger partial charge is 0.463 e. The summed E-state index contributed by atoms with van der Waals surface area (Å²) >= 11 is 0. The third-order valence-electron chi connectivity index (χ3n) is 2.59. The Hall–Kier alpha value is -2.89. The number of benzene rings is 1. The molecule has 6 nitrogen and oxygen atoms in total. The van der Waals surface area contributed by atoms with Crippen LogP contribution < -0.4 is 10.7 Å². The van der Waals surface area contributed by atoms with Crippen LogP contribution in [0.3, 0.4) is 0 Å². The number of carbonyl (C=O) groups is 2. The van der Waals surface area contributed by atoms with E-state index in [9.17, 15) is 9.59 Å². The van der Waals surface area contributed by atoms with Gasteiger partial charge in [0.1, 0.15) is 5.76 Å². The fourth-order valence-corrected chi connectivity index (χ4v) is 1.80. The second kappa shape index (κ2) is 6.51. The number of hydrazone groups is 1. The Balaban J connectivity index is 1.92. The van der Waals surface area contributed by atoms with Gasteiger partial charge in [0.15, 0.2) is 0 Å². The maximum absolute atomic E-state index is 11.7. The maximum atomic E-state index is 11.7. The quantitative estimate of drug-likeness (QED) is 0.514. The molecule has 2 rings (SSSR count). The molecule has 2 amide bonds. The van der Waals surface area contributed by atoms with Gasteiger partial charge in [0.05, 0.1) is 12.5 Å². The van der Waals surface area contributed by atoms with E-state index in [1.165, 1.54) is 12.5 Å². The van der Waals surface area contributed by atoms with Crippen molar-refractivity contribution in [1.29, 1.82) is 0 Å². The fraction of sp³-hybridized carbons (Fsp3) is 0.133. The molecule has 2 aromatic rings. The minimum absolute atomic E-state index is 0.477. The van der Waals surface area contributed by atoms with Crippen molar-refractivity contribution in [3.63, 3.8) is 0 Å². The Labute approximate surface area is 121 Å². The standard InChI is InChI=1S/C15H15N3O3/c1-10-6-11(2)8-12(7-10)17-14(19)15(20)18-16-9-13-4-3-5-21-13/h3-9H,1-2H3,(H,17,19)(H,18,20)/b16-9-. The second-order valence-electron chi connectivity index (χ2n) is 4.55. The average Bonchev–Trinajstić information content (AvgIpc) is 2.90. The van der Waals surface area contributed by atoms with Crippen LogP contribution in [0.15, 0.2) is 46.1 Å². The van der Waals surface area contributed by atoms with Gasteiger partial charge in [-0.15, -0.1) is 0 Å². The van der Waals surface area contributed by atoms with E-state index in [4.69, 9.17) is 4.42 Å². The first-order valence-electron chi connectivity index (χ1n) is 6.31. The van der Waals surface area contributed by atoms with E-state index in [2.05, 4.69) is 15.8 Å². The third kappa shape index (κ3) is 4.31. The molecule has 0 aliphatic rings. The molecular formula is C15H15N3O3. The number of amides is 2. The first kappa shape index (κ1) is 14.5. The van der Waals surface area contributed by atoms with Gasteiger partial charge in [0.25, 0.3) is 0 Å². The molecule has 0 aliphatic carbocycles. The Morgan fingerprint density at radius 1 is 1.14 bits per heavy atom. The molecule has 1 aromatic carbocycles. The van der Waals surface area contributed by atoms with E-state index in [1.807, 2.05) is 19.9 Å². The lowest BCUT2D eigenvalue weighted by molar-refractivity contribution is -0.136. The van der Waals surface area contributed by atoms with Crippen molar-refractivity contribution in [3.05, 3.63) is 53.5 Å². The summed E-state index contributed by atoms with van der Waals surface area (Å²) in [5.74, 6) is -1.15. The predicted molar refractivity (Wildman–Crippen MR) is 79.0 cm³/mol. The molecule has 6 heteroatoms. The zero-order valence-corrected chi connectivity index (χ0v) is 11.7. The summed E-state index contributed by atoms with van der Waals surface area (Å²) in [4.78, 5) is 23.3. The first-order chi connectivity index (χ1) is 10.0. The van der Waals surface area contributed by atoms with Gasteiger partial charge >= 0.3 is 11.8 Å². The highest BCUT2D eigenvalue weighted by molar-refractivity contribution is 6.39. The first-order valence-corrected chi connectivity index (χ1v) is 6.31. The number of nitrogens with one attached hydrogen (secondary N) is 2. The van der Waals surface area contributed by atoms with Crippen molar-refractivity contribution in [2.75, 3.05) is 5.32 Å². The van der Waals surface area contributed by atoms with Crippen LogP contribution >= 0.6 is 0 Å². The minimum Gasteiger partial charge on any atom is -0.463 e. The van der Waals surface area contributed by atoms with E-state index < -0.39 is 11.8 Å². The molecule has 0 aliphatic heterocycles. The normalized spacial score (nSPS) is 10.6. The molecule has 108 valence electrons. The van der Waals surface area contributed by atoms with Crippen LogP contribution in [0, 0.1) is 13.8 Å². The number of hydrogen-bond donors (Lipinski definition) is 2. The van der Waals surface area contributed by atoms with E-state index in [0.29, 0.717) is 11.4 Å². The van der Waals surface area contributed by atoms with Crippen molar-refractivity contribution in [1.82, 2.24) is 5.43 Å². The summed E-state index contributed by atoms with van der Waals surface area (Å²) in [5, 5.41) is 6.15. The average molecular weight is 285 g/mol. The van der Waals surface area contributed by atoms with Gasteiger partial charge in [-0.2, -0.15) is 5.10 Å². The Bertz CT molecular complexity index is 655. The number of nitrogens with zero attached hydrogens (tertiary/aromatic N) is 1. The topological polar surface area (TPSA) is 83.7 Å². The van der Waals surface area contributed by atoms with Gasteiger partial charge in [-0.05, 0) is 49.2 Å². The van der Waals surface area contributed by atoms with Gasteiger partial charge in [-0.3, -0.25) is 9.59 Å². The summed E-state index contributed by atoms with van der Waals surface area (Å²) in [6, 6.07) is 8.90. The highest BCUT2D eigenvalue weighted by atomic mass is 16.3. The van der Waals surface area contributed by atoms with Crippen LogP contribution in [0.1, 0.15) is 16.9 Å². The SMILES string of the molecule is Cc1cc(C)cc(NC(=O)C(=O)N/N=C\c2ccco2)c1. The zero-order chi connectivity index (χ0) is 15.2. The second-order valence-corrected chi connectivity index (χ2v) is 4.55. The number of carbonyl (C=O) groups excluding carboxylic acids is 2. The molecule has 0 bridgehead atoms. The van der Waals surface area contributed by atoms with Crippen LogP contribution in [0.25, 0.3) is 0 Å². The summed E-state index contributed by atoms with van der Waals surface area (Å²) in [6.45, 7) is 3.83. The van der Waals surface area contributed by atoms with Crippen LogP contribution in [0.4, 0.5) is 5.69 Å². The van der Waals surface area contributed by atoms with Crippen LogP contribution in [-0.4, -0.2) is 18.0 Å². The van der Waals surface area contributed by atoms with E-state index in [0.717, 1.165) is 11.1 Å². The molecule has 1 heterocycles. The van der Waals surface area contributed by atoms with Crippen molar-refractivity contribution in [3.8, 4) is 0 Å². The number of hydrogen-bond acceptors (Lipinski definition) is 4. The van der Waals surface area contributed by atoms with Gasteiger partial charge < -0.3 is 9.73 Å². The molecule has 2 N–H and O–H groups in total. The molecule has 0 fully saturated rings. The van der Waals surface area contributed by atoms with Crippen LogP contribution in [-0.2, 0) is 9.59 Å². The van der Waals surface area contributed by atoms with Gasteiger partial charge in [-0.25, -0.2) is 5.43 Å². The number of aryl methyl sites for hydroxylation is 2. The van der Waals surface area contributed by atoms with E-state index in [-0.39, 0.29) is 0 Å². The lowest BCUT2D eigenvalue weighted by Crippen LogP contribution is -2.32. The predicted octanol–water partition coefficient (Wildman–Crippen LogP) is 1.99. The molecule has 0 radical (unpaired) electrons. The Morgan fingerprint density at radius 3 is 2.48 bits per heavy atom. The Morgan fingerprint density at radius 2 is 1.86 bits per heavy atom. The van der Waals surface area contributed by atoms with Crippen LogP contribution in [0.5, 0.6) is 0 Å². The molecule has 0 unspecified atom stereocenters. The monoisotopic (exact) mass is 285 g/mol. The maximum Gasteiger partial charge on any atom is 0.329 e. The molecule has 0 atom stereocenters. The van der Waals surface area contributed by atoms with Crippen molar-refractivity contribution >= 4 is 23.7 Å². The molecular weight excluding hydrogens is 270 g/mol. The van der Waals surface area contributed by atoms with Gasteiger partial charge in [0, 0.05) is 5.69 Å². The smallest absolute Gasteiger partial charge is 0.329 e. The highest BCUT2D eigenvalue weighted by Crippen LogP contribution is 2.13. The van der Waals surface area contributed by atoms with Gasteiger partial charge in [0.2, 0.25) is 0 Å². The molecule has 21 heavy (non-hydrogen) atoms. The fourth-order valence-electron chi connectivity index (χ4n) is 1.80. The summed E-state index contributed by atoms with van der Waals surface area (Å²) in [5.41, 5.74) is 4.70. The Kier molecular flexibility index (Phi) is 4.50. The van der Waals surface area contributed by atoms with E-state index >= 15 is 0 Å². The van der Waals surface area contributed by atoms with Crippen molar-refractivity contribution in [2.45, 2.75) is 13.8 Å². The molecule has 1 aromatic heterocycles. The molecule has 0 saturated carbocycles. The lowest BCUT2D eigenvalue weighted by atomic mass is 10.1. The van der Waals surface area contributed by atoms with Crippen LogP contribution in [0.2, 0.25) is 0 Å². The van der Waals surface area contributed by atoms with Gasteiger partial charge in [-0.1, -0.05) is 6.07 Å². The zero-order valence-electron chi connectivity index (χ0n) is 11.7. The summed E-state index contributed by atoms with van der Waals surface area (Å²) < 4.78 is 5.00. The highest BCUT2D eigenvalue weighted by Gasteiger charge is 2.13. The minimum atomic E-state index is -0.850.